The third kappa shape index (κ3) is 2.87. The molecular weight excluding hydrogens is 324 g/mol. The quantitative estimate of drug-likeness (QED) is 0.519. The largest absolute Gasteiger partial charge is 0.359 e. The van der Waals surface area contributed by atoms with E-state index in [1.165, 1.54) is 18.2 Å². The first-order chi connectivity index (χ1) is 12.1. The van der Waals surface area contributed by atoms with Crippen LogP contribution in [-0.2, 0) is 6.42 Å². The summed E-state index contributed by atoms with van der Waals surface area (Å²) >= 11 is 0. The molecule has 4 rings (SSSR count). The number of aromatic nitrogens is 2. The Morgan fingerprint density at radius 2 is 2.00 bits per heavy atom. The molecule has 1 amide bonds. The van der Waals surface area contributed by atoms with Gasteiger partial charge in [0.1, 0.15) is 17.3 Å². The highest BCUT2D eigenvalue weighted by atomic mass is 19.1. The third-order valence-corrected chi connectivity index (χ3v) is 4.26. The predicted molar refractivity (Wildman–Crippen MR) is 92.6 cm³/mol. The highest BCUT2D eigenvalue weighted by Gasteiger charge is 2.11. The molecule has 0 atom stereocenters. The summed E-state index contributed by atoms with van der Waals surface area (Å²) in [7, 11) is 0. The Labute approximate surface area is 141 Å². The fraction of sp³-hybridized carbons (Fsp3) is 0.105. The standard InChI is InChI=1S/C19H15F2N3O/c20-13-4-5-16-12(8-13)9-17(24-16)19(25)22-7-6-11-10-23-18-14(11)2-1-3-15(18)21/h1-5,8-10,23-24H,6-7H2,(H,22,25). The average molecular weight is 339 g/mol. The first-order valence-corrected chi connectivity index (χ1v) is 7.93. The summed E-state index contributed by atoms with van der Waals surface area (Å²) in [5.74, 6) is -0.897. The van der Waals surface area contributed by atoms with Crippen LogP contribution < -0.4 is 5.32 Å². The van der Waals surface area contributed by atoms with Crippen LogP contribution in [0.25, 0.3) is 21.8 Å². The Hall–Kier alpha value is -3.15. The molecule has 0 unspecified atom stereocenters. The van der Waals surface area contributed by atoms with Crippen LogP contribution in [0.15, 0.2) is 48.7 Å². The van der Waals surface area contributed by atoms with Crippen LogP contribution in [0.5, 0.6) is 0 Å². The van der Waals surface area contributed by atoms with Gasteiger partial charge >= 0.3 is 0 Å². The first-order valence-electron chi connectivity index (χ1n) is 7.93. The van der Waals surface area contributed by atoms with Crippen molar-refractivity contribution in [1.29, 1.82) is 0 Å². The van der Waals surface area contributed by atoms with E-state index >= 15 is 0 Å². The minimum atomic E-state index is -0.343. The molecule has 0 aliphatic carbocycles. The van der Waals surface area contributed by atoms with E-state index in [0.717, 1.165) is 10.9 Å². The van der Waals surface area contributed by atoms with E-state index in [-0.39, 0.29) is 17.5 Å². The molecule has 126 valence electrons. The number of benzene rings is 2. The molecule has 2 aromatic heterocycles. The zero-order valence-corrected chi connectivity index (χ0v) is 13.2. The fourth-order valence-corrected chi connectivity index (χ4v) is 3.01. The van der Waals surface area contributed by atoms with E-state index < -0.39 is 0 Å². The minimum absolute atomic E-state index is 0.261. The van der Waals surface area contributed by atoms with Gasteiger partial charge in [-0.25, -0.2) is 8.78 Å². The summed E-state index contributed by atoms with van der Waals surface area (Å²) in [6.07, 6.45) is 2.33. The Morgan fingerprint density at radius 3 is 2.88 bits per heavy atom. The number of amides is 1. The van der Waals surface area contributed by atoms with Crippen molar-refractivity contribution in [2.45, 2.75) is 6.42 Å². The van der Waals surface area contributed by atoms with Crippen LogP contribution >= 0.6 is 0 Å². The van der Waals surface area contributed by atoms with Crippen molar-refractivity contribution in [1.82, 2.24) is 15.3 Å². The van der Waals surface area contributed by atoms with Crippen molar-refractivity contribution < 1.29 is 13.6 Å². The Balaban J connectivity index is 1.45. The molecule has 6 heteroatoms. The number of nitrogens with one attached hydrogen (secondary N) is 3. The van der Waals surface area contributed by atoms with Gasteiger partial charge in [0.05, 0.1) is 5.52 Å². The van der Waals surface area contributed by atoms with Crippen LogP contribution in [0.1, 0.15) is 16.1 Å². The molecule has 0 aliphatic rings. The Morgan fingerprint density at radius 1 is 1.12 bits per heavy atom. The minimum Gasteiger partial charge on any atom is -0.359 e. The summed E-state index contributed by atoms with van der Waals surface area (Å²) < 4.78 is 26.9. The summed E-state index contributed by atoms with van der Waals surface area (Å²) in [4.78, 5) is 18.1. The van der Waals surface area contributed by atoms with E-state index in [4.69, 9.17) is 0 Å². The van der Waals surface area contributed by atoms with E-state index in [0.29, 0.717) is 35.1 Å². The molecule has 3 N–H and O–H groups in total. The van der Waals surface area contributed by atoms with Crippen LogP contribution in [0.4, 0.5) is 8.78 Å². The van der Waals surface area contributed by atoms with Crippen LogP contribution in [0.3, 0.4) is 0 Å². The maximum Gasteiger partial charge on any atom is 0.267 e. The van der Waals surface area contributed by atoms with Gasteiger partial charge < -0.3 is 15.3 Å². The van der Waals surface area contributed by atoms with Gasteiger partial charge in [0.15, 0.2) is 0 Å². The molecule has 0 fully saturated rings. The van der Waals surface area contributed by atoms with Crippen molar-refractivity contribution in [2.75, 3.05) is 6.54 Å². The summed E-state index contributed by atoms with van der Waals surface area (Å²) in [5.41, 5.74) is 2.50. The lowest BCUT2D eigenvalue weighted by Gasteiger charge is -2.03. The molecule has 0 radical (unpaired) electrons. The summed E-state index contributed by atoms with van der Waals surface area (Å²) in [5, 5.41) is 4.29. The number of carbonyl (C=O) groups excluding carboxylic acids is 1. The Kier molecular flexibility index (Phi) is 3.72. The Bertz CT molecular complexity index is 1080. The molecule has 2 heterocycles. The highest BCUT2D eigenvalue weighted by Crippen LogP contribution is 2.21. The second kappa shape index (κ2) is 6.05. The van der Waals surface area contributed by atoms with E-state index in [1.54, 1.807) is 24.4 Å². The van der Waals surface area contributed by atoms with Gasteiger partial charge in [-0.2, -0.15) is 0 Å². The van der Waals surface area contributed by atoms with Crippen molar-refractivity contribution in [3.8, 4) is 0 Å². The zero-order valence-electron chi connectivity index (χ0n) is 13.2. The van der Waals surface area contributed by atoms with Gasteiger partial charge in [0.25, 0.3) is 5.91 Å². The molecule has 25 heavy (non-hydrogen) atoms. The predicted octanol–water partition coefficient (Wildman–Crippen LogP) is 3.90. The molecule has 4 aromatic rings. The van der Waals surface area contributed by atoms with Crippen molar-refractivity contribution >= 4 is 27.7 Å². The first kappa shape index (κ1) is 15.4. The van der Waals surface area contributed by atoms with Crippen molar-refractivity contribution in [3.05, 3.63) is 71.6 Å². The van der Waals surface area contributed by atoms with E-state index in [9.17, 15) is 13.6 Å². The summed E-state index contributed by atoms with van der Waals surface area (Å²) in [6.45, 7) is 0.409. The molecule has 0 aliphatic heterocycles. The average Bonchev–Trinajstić information content (AvgIpc) is 3.19. The lowest BCUT2D eigenvalue weighted by molar-refractivity contribution is 0.0950. The number of H-pyrrole nitrogens is 2. The third-order valence-electron chi connectivity index (χ3n) is 4.26. The molecule has 2 aromatic carbocycles. The monoisotopic (exact) mass is 339 g/mol. The second-order valence-corrected chi connectivity index (χ2v) is 5.90. The van der Waals surface area contributed by atoms with E-state index in [1.807, 2.05) is 6.07 Å². The fourth-order valence-electron chi connectivity index (χ4n) is 3.01. The van der Waals surface area contributed by atoms with Crippen molar-refractivity contribution in [3.63, 3.8) is 0 Å². The maximum absolute atomic E-state index is 13.7. The number of carbonyl (C=O) groups is 1. The lowest BCUT2D eigenvalue weighted by Crippen LogP contribution is -2.25. The lowest BCUT2D eigenvalue weighted by atomic mass is 10.1. The normalized spacial score (nSPS) is 11.3. The zero-order chi connectivity index (χ0) is 17.4. The number of para-hydroxylation sites is 1. The number of fused-ring (bicyclic) bond motifs is 2. The SMILES string of the molecule is O=C(NCCc1c[nH]c2c(F)cccc12)c1cc2cc(F)ccc2[nH]1. The molecule has 4 nitrogen and oxygen atoms in total. The van der Waals surface area contributed by atoms with Gasteiger partial charge in [0.2, 0.25) is 0 Å². The molecule has 0 saturated carbocycles. The smallest absolute Gasteiger partial charge is 0.267 e. The maximum atomic E-state index is 13.7. The highest BCUT2D eigenvalue weighted by molar-refractivity contribution is 5.98. The topological polar surface area (TPSA) is 60.7 Å². The molecule has 0 spiro atoms. The van der Waals surface area contributed by atoms with Crippen LogP contribution in [0, 0.1) is 11.6 Å². The van der Waals surface area contributed by atoms with Crippen LogP contribution in [0.2, 0.25) is 0 Å². The van der Waals surface area contributed by atoms with Gasteiger partial charge in [-0.1, -0.05) is 12.1 Å². The number of hydrogen-bond acceptors (Lipinski definition) is 1. The van der Waals surface area contributed by atoms with E-state index in [2.05, 4.69) is 15.3 Å². The number of hydrogen-bond donors (Lipinski definition) is 3. The van der Waals surface area contributed by atoms with Crippen molar-refractivity contribution in [2.24, 2.45) is 0 Å². The number of aromatic amines is 2. The molecular formula is C19H15F2N3O. The van der Waals surface area contributed by atoms with Gasteiger partial charge in [-0.15, -0.1) is 0 Å². The second-order valence-electron chi connectivity index (χ2n) is 5.90. The van der Waals surface area contributed by atoms with Gasteiger partial charge in [-0.05, 0) is 42.3 Å². The number of rotatable bonds is 4. The van der Waals surface area contributed by atoms with Crippen LogP contribution in [-0.4, -0.2) is 22.4 Å². The summed E-state index contributed by atoms with van der Waals surface area (Å²) in [6, 6.07) is 10.9. The number of halogens is 2. The van der Waals surface area contributed by atoms with Gasteiger partial charge in [0, 0.05) is 29.0 Å². The van der Waals surface area contributed by atoms with Gasteiger partial charge in [-0.3, -0.25) is 4.79 Å². The molecule has 0 saturated heterocycles. The molecule has 0 bridgehead atoms.